The van der Waals surface area contributed by atoms with Crippen LogP contribution in [0.3, 0.4) is 0 Å². The fraction of sp³-hybridized carbons (Fsp3) is 0.333. The number of fused-ring (bicyclic) bond motifs is 1. The smallest absolute Gasteiger partial charge is 0.262 e. The highest BCUT2D eigenvalue weighted by atomic mass is 16.2. The normalized spacial score (nSPS) is 26.6. The number of amides is 2. The molecule has 0 saturated carbocycles. The average molecular weight is 241 g/mol. The van der Waals surface area contributed by atoms with Gasteiger partial charge in [0.2, 0.25) is 0 Å². The Kier molecular flexibility index (Phi) is 2.54. The maximum absolute atomic E-state index is 12.3. The third-order valence-electron chi connectivity index (χ3n) is 3.70. The molecule has 0 unspecified atom stereocenters. The van der Waals surface area contributed by atoms with Gasteiger partial charge in [-0.2, -0.15) is 0 Å². The number of hydrogen-bond donors (Lipinski definition) is 0. The number of benzene rings is 1. The highest BCUT2D eigenvalue weighted by Crippen LogP contribution is 2.29. The molecule has 18 heavy (non-hydrogen) atoms. The van der Waals surface area contributed by atoms with E-state index in [0.717, 1.165) is 12.8 Å². The van der Waals surface area contributed by atoms with E-state index in [9.17, 15) is 9.59 Å². The van der Waals surface area contributed by atoms with Crippen LogP contribution in [-0.2, 0) is 0 Å². The summed E-state index contributed by atoms with van der Waals surface area (Å²) in [5.74, 6) is 0.211. The minimum atomic E-state index is -0.153. The second kappa shape index (κ2) is 4.09. The van der Waals surface area contributed by atoms with Gasteiger partial charge in [-0.3, -0.25) is 14.5 Å². The number of allylic oxidation sites excluding steroid dienone is 1. The van der Waals surface area contributed by atoms with Gasteiger partial charge in [-0.1, -0.05) is 31.2 Å². The molecule has 0 fully saturated rings. The van der Waals surface area contributed by atoms with Crippen molar-refractivity contribution in [2.24, 2.45) is 5.92 Å². The lowest BCUT2D eigenvalue weighted by atomic mass is 9.92. The molecule has 92 valence electrons. The van der Waals surface area contributed by atoms with Crippen LogP contribution < -0.4 is 0 Å². The maximum Gasteiger partial charge on any atom is 0.262 e. The van der Waals surface area contributed by atoms with Crippen molar-refractivity contribution in [1.29, 1.82) is 0 Å². The standard InChI is InChI=1S/C15H15NO2/c1-10-5-4-6-11(9-10)16-14(17)12-7-2-3-8-13(12)15(16)18/h2-4,6-8,10-11H,5,9H2,1H3/t10-,11-/m0/s1. The molecule has 2 atom stereocenters. The summed E-state index contributed by atoms with van der Waals surface area (Å²) in [7, 11) is 0. The minimum absolute atomic E-state index is 0.0823. The van der Waals surface area contributed by atoms with Gasteiger partial charge in [0.15, 0.2) is 0 Å². The summed E-state index contributed by atoms with van der Waals surface area (Å²) in [6.07, 6.45) is 5.95. The van der Waals surface area contributed by atoms with E-state index in [1.54, 1.807) is 24.3 Å². The molecule has 1 heterocycles. The lowest BCUT2D eigenvalue weighted by molar-refractivity contribution is 0.0596. The van der Waals surface area contributed by atoms with E-state index in [-0.39, 0.29) is 17.9 Å². The van der Waals surface area contributed by atoms with Gasteiger partial charge in [0.05, 0.1) is 17.2 Å². The van der Waals surface area contributed by atoms with Crippen molar-refractivity contribution < 1.29 is 9.59 Å². The predicted molar refractivity (Wildman–Crippen MR) is 68.3 cm³/mol. The summed E-state index contributed by atoms with van der Waals surface area (Å²) in [5.41, 5.74) is 1.07. The quantitative estimate of drug-likeness (QED) is 0.560. The van der Waals surface area contributed by atoms with Crippen molar-refractivity contribution in [1.82, 2.24) is 4.90 Å². The van der Waals surface area contributed by atoms with Crippen LogP contribution in [0, 0.1) is 5.92 Å². The SMILES string of the molecule is C[C@H]1CC=C[C@H](N2C(=O)c3ccccc3C2=O)C1. The van der Waals surface area contributed by atoms with Crippen LogP contribution in [0.1, 0.15) is 40.5 Å². The Balaban J connectivity index is 1.97. The van der Waals surface area contributed by atoms with Gasteiger partial charge in [-0.05, 0) is 30.9 Å². The third-order valence-corrected chi connectivity index (χ3v) is 3.70. The van der Waals surface area contributed by atoms with E-state index in [1.807, 2.05) is 6.08 Å². The summed E-state index contributed by atoms with van der Waals surface area (Å²) in [6.45, 7) is 2.15. The zero-order valence-electron chi connectivity index (χ0n) is 10.3. The molecule has 2 aliphatic rings. The van der Waals surface area contributed by atoms with Gasteiger partial charge >= 0.3 is 0 Å². The minimum Gasteiger partial charge on any atom is -0.269 e. The number of rotatable bonds is 1. The number of hydrogen-bond acceptors (Lipinski definition) is 2. The molecule has 0 radical (unpaired) electrons. The van der Waals surface area contributed by atoms with Gasteiger partial charge in [0.25, 0.3) is 11.8 Å². The lowest BCUT2D eigenvalue weighted by Gasteiger charge is -2.28. The molecule has 2 amide bonds. The van der Waals surface area contributed by atoms with Crippen LogP contribution in [0.15, 0.2) is 36.4 Å². The second-order valence-corrected chi connectivity index (χ2v) is 5.10. The molecule has 0 aromatic heterocycles. The molecular weight excluding hydrogens is 226 g/mol. The summed E-state index contributed by atoms with van der Waals surface area (Å²) in [5, 5.41) is 0. The van der Waals surface area contributed by atoms with Crippen molar-refractivity contribution in [2.75, 3.05) is 0 Å². The van der Waals surface area contributed by atoms with Crippen LogP contribution in [0.2, 0.25) is 0 Å². The largest absolute Gasteiger partial charge is 0.269 e. The number of carbonyl (C=O) groups excluding carboxylic acids is 2. The van der Waals surface area contributed by atoms with Crippen molar-refractivity contribution in [3.63, 3.8) is 0 Å². The molecule has 3 rings (SSSR count). The second-order valence-electron chi connectivity index (χ2n) is 5.10. The van der Waals surface area contributed by atoms with Gasteiger partial charge in [-0.25, -0.2) is 0 Å². The molecule has 0 bridgehead atoms. The first-order valence-corrected chi connectivity index (χ1v) is 6.32. The van der Waals surface area contributed by atoms with E-state index < -0.39 is 0 Å². The van der Waals surface area contributed by atoms with Crippen LogP contribution in [0.25, 0.3) is 0 Å². The molecule has 0 saturated heterocycles. The maximum atomic E-state index is 12.3. The number of nitrogens with zero attached hydrogens (tertiary/aromatic N) is 1. The molecule has 1 aliphatic heterocycles. The first kappa shape index (κ1) is 11.2. The molecule has 1 aliphatic carbocycles. The van der Waals surface area contributed by atoms with Crippen molar-refractivity contribution in [3.8, 4) is 0 Å². The van der Waals surface area contributed by atoms with Crippen molar-refractivity contribution >= 4 is 11.8 Å². The molecule has 0 N–H and O–H groups in total. The topological polar surface area (TPSA) is 37.4 Å². The molecular formula is C15H15NO2. The first-order chi connectivity index (χ1) is 8.68. The van der Waals surface area contributed by atoms with Crippen molar-refractivity contribution in [3.05, 3.63) is 47.5 Å². The van der Waals surface area contributed by atoms with Gasteiger partial charge in [0, 0.05) is 0 Å². The molecule has 1 aromatic rings. The highest BCUT2D eigenvalue weighted by Gasteiger charge is 2.39. The molecule has 0 spiro atoms. The summed E-state index contributed by atoms with van der Waals surface area (Å²) in [4.78, 5) is 26.0. The highest BCUT2D eigenvalue weighted by molar-refractivity contribution is 6.21. The predicted octanol–water partition coefficient (Wildman–Crippen LogP) is 2.64. The van der Waals surface area contributed by atoms with E-state index in [1.165, 1.54) is 4.90 Å². The van der Waals surface area contributed by atoms with Gasteiger partial charge < -0.3 is 0 Å². The average Bonchev–Trinajstić information content (AvgIpc) is 2.63. The Bertz CT molecular complexity index is 512. The van der Waals surface area contributed by atoms with E-state index in [4.69, 9.17) is 0 Å². The van der Waals surface area contributed by atoms with Gasteiger partial charge in [0.1, 0.15) is 0 Å². The molecule has 3 heteroatoms. The zero-order valence-corrected chi connectivity index (χ0v) is 10.3. The monoisotopic (exact) mass is 241 g/mol. The Labute approximate surface area is 106 Å². The van der Waals surface area contributed by atoms with Crippen LogP contribution in [0.5, 0.6) is 0 Å². The lowest BCUT2D eigenvalue weighted by Crippen LogP contribution is -2.40. The fourth-order valence-corrected chi connectivity index (χ4v) is 2.76. The number of imide groups is 1. The van der Waals surface area contributed by atoms with E-state index >= 15 is 0 Å². The molecule has 1 aromatic carbocycles. The Hall–Kier alpha value is -1.90. The Morgan fingerprint density at radius 3 is 2.28 bits per heavy atom. The first-order valence-electron chi connectivity index (χ1n) is 6.32. The van der Waals surface area contributed by atoms with E-state index in [0.29, 0.717) is 17.0 Å². The fourth-order valence-electron chi connectivity index (χ4n) is 2.76. The Morgan fingerprint density at radius 1 is 1.11 bits per heavy atom. The van der Waals surface area contributed by atoms with Crippen molar-refractivity contribution in [2.45, 2.75) is 25.8 Å². The summed E-state index contributed by atoms with van der Waals surface area (Å²) in [6, 6.07) is 6.97. The Morgan fingerprint density at radius 2 is 1.72 bits per heavy atom. The summed E-state index contributed by atoms with van der Waals surface area (Å²) >= 11 is 0. The van der Waals surface area contributed by atoms with Crippen LogP contribution >= 0.6 is 0 Å². The summed E-state index contributed by atoms with van der Waals surface area (Å²) < 4.78 is 0. The molecule has 3 nitrogen and oxygen atoms in total. The van der Waals surface area contributed by atoms with Gasteiger partial charge in [-0.15, -0.1) is 0 Å². The van der Waals surface area contributed by atoms with E-state index in [2.05, 4.69) is 13.0 Å². The third kappa shape index (κ3) is 1.58. The van der Waals surface area contributed by atoms with Crippen LogP contribution in [-0.4, -0.2) is 22.8 Å². The number of carbonyl (C=O) groups is 2. The van der Waals surface area contributed by atoms with Crippen LogP contribution in [0.4, 0.5) is 0 Å². The zero-order chi connectivity index (χ0) is 12.7.